The third kappa shape index (κ3) is 4.95. The molecular formula is C21H27ClN2O4. The first-order valence-corrected chi connectivity index (χ1v) is 9.03. The molecule has 0 aromatic heterocycles. The summed E-state index contributed by atoms with van der Waals surface area (Å²) in [5.41, 5.74) is 8.08. The normalized spacial score (nSPS) is 16.2. The summed E-state index contributed by atoms with van der Waals surface area (Å²) in [5.74, 6) is 1.37. The Kier molecular flexibility index (Phi) is 8.11. The molecule has 0 fully saturated rings. The van der Waals surface area contributed by atoms with Gasteiger partial charge in [-0.3, -0.25) is 4.79 Å². The minimum Gasteiger partial charge on any atom is -0.497 e. The zero-order valence-corrected chi connectivity index (χ0v) is 17.0. The third-order valence-corrected chi connectivity index (χ3v) is 4.74. The van der Waals surface area contributed by atoms with Crippen molar-refractivity contribution in [3.8, 4) is 11.5 Å². The fourth-order valence-electron chi connectivity index (χ4n) is 3.39. The first-order chi connectivity index (χ1) is 13.1. The number of methoxy groups -OCH3 is 2. The monoisotopic (exact) mass is 406 g/mol. The number of halogens is 1. The van der Waals surface area contributed by atoms with Crippen LogP contribution in [0.15, 0.2) is 48.5 Å². The van der Waals surface area contributed by atoms with E-state index in [1.54, 1.807) is 14.2 Å². The van der Waals surface area contributed by atoms with E-state index in [9.17, 15) is 4.79 Å². The lowest BCUT2D eigenvalue weighted by Crippen LogP contribution is -2.48. The number of carbonyl (C=O) groups is 1. The van der Waals surface area contributed by atoms with E-state index in [1.807, 2.05) is 53.4 Å². The van der Waals surface area contributed by atoms with Crippen molar-refractivity contribution in [1.82, 2.24) is 4.90 Å². The molecule has 0 saturated heterocycles. The van der Waals surface area contributed by atoms with Gasteiger partial charge in [0.1, 0.15) is 17.5 Å². The van der Waals surface area contributed by atoms with E-state index in [0.29, 0.717) is 19.6 Å². The first-order valence-electron chi connectivity index (χ1n) is 9.03. The van der Waals surface area contributed by atoms with Crippen LogP contribution in [0.3, 0.4) is 0 Å². The molecule has 1 heterocycles. The van der Waals surface area contributed by atoms with Crippen LogP contribution in [0.2, 0.25) is 0 Å². The summed E-state index contributed by atoms with van der Waals surface area (Å²) in [6, 6.07) is 14.7. The highest BCUT2D eigenvalue weighted by atomic mass is 35.5. The molecule has 1 aliphatic rings. The van der Waals surface area contributed by atoms with Crippen molar-refractivity contribution in [1.29, 1.82) is 0 Å². The van der Waals surface area contributed by atoms with E-state index in [0.717, 1.165) is 22.6 Å². The van der Waals surface area contributed by atoms with Gasteiger partial charge in [0.05, 0.1) is 26.4 Å². The quantitative estimate of drug-likeness (QED) is 0.765. The lowest BCUT2D eigenvalue weighted by Gasteiger charge is -2.37. The largest absolute Gasteiger partial charge is 0.497 e. The van der Waals surface area contributed by atoms with Crippen LogP contribution in [0, 0.1) is 0 Å². The number of fused-ring (bicyclic) bond motifs is 1. The second kappa shape index (κ2) is 10.3. The van der Waals surface area contributed by atoms with E-state index in [-0.39, 0.29) is 31.0 Å². The van der Waals surface area contributed by atoms with Crippen LogP contribution in [0.5, 0.6) is 11.5 Å². The molecule has 0 aliphatic carbocycles. The van der Waals surface area contributed by atoms with Crippen LogP contribution >= 0.6 is 12.4 Å². The fraction of sp³-hybridized carbons (Fsp3) is 0.381. The van der Waals surface area contributed by atoms with Crippen molar-refractivity contribution < 1.29 is 19.0 Å². The summed E-state index contributed by atoms with van der Waals surface area (Å²) in [5, 5.41) is 0. The first kappa shape index (κ1) is 22.0. The molecule has 2 aromatic rings. The van der Waals surface area contributed by atoms with Gasteiger partial charge in [-0.05, 0) is 23.8 Å². The summed E-state index contributed by atoms with van der Waals surface area (Å²) >= 11 is 0. The van der Waals surface area contributed by atoms with Crippen molar-refractivity contribution >= 4 is 18.3 Å². The Balaban J connectivity index is 0.00000280. The molecule has 0 spiro atoms. The van der Waals surface area contributed by atoms with Crippen LogP contribution in [0.1, 0.15) is 23.6 Å². The van der Waals surface area contributed by atoms with Gasteiger partial charge in [0.15, 0.2) is 0 Å². The van der Waals surface area contributed by atoms with Crippen LogP contribution in [-0.4, -0.2) is 44.3 Å². The maximum absolute atomic E-state index is 13.1. The Morgan fingerprint density at radius 1 is 1.25 bits per heavy atom. The molecule has 152 valence electrons. The number of nitrogens with zero attached hydrogens (tertiary/aromatic N) is 1. The van der Waals surface area contributed by atoms with Gasteiger partial charge in [0.2, 0.25) is 5.91 Å². The molecule has 0 bridgehead atoms. The lowest BCUT2D eigenvalue weighted by atomic mass is 9.97. The van der Waals surface area contributed by atoms with E-state index in [1.165, 1.54) is 0 Å². The van der Waals surface area contributed by atoms with Gasteiger partial charge in [-0.15, -0.1) is 12.4 Å². The molecule has 28 heavy (non-hydrogen) atoms. The van der Waals surface area contributed by atoms with E-state index in [2.05, 4.69) is 0 Å². The number of hydrogen-bond donors (Lipinski definition) is 1. The highest BCUT2D eigenvalue weighted by Crippen LogP contribution is 2.39. The van der Waals surface area contributed by atoms with Crippen molar-refractivity contribution in [2.45, 2.75) is 25.0 Å². The van der Waals surface area contributed by atoms with Crippen molar-refractivity contribution in [3.05, 3.63) is 59.7 Å². The third-order valence-electron chi connectivity index (χ3n) is 4.74. The number of benzene rings is 2. The minimum absolute atomic E-state index is 0. The van der Waals surface area contributed by atoms with Gasteiger partial charge >= 0.3 is 0 Å². The van der Waals surface area contributed by atoms with E-state index < -0.39 is 6.04 Å². The summed E-state index contributed by atoms with van der Waals surface area (Å²) in [4.78, 5) is 15.0. The molecule has 2 atom stereocenters. The number of amides is 1. The predicted octanol–water partition coefficient (Wildman–Crippen LogP) is 2.94. The van der Waals surface area contributed by atoms with Gasteiger partial charge in [0.25, 0.3) is 0 Å². The van der Waals surface area contributed by atoms with Crippen molar-refractivity contribution in [2.24, 2.45) is 5.73 Å². The number of nitrogens with two attached hydrogens (primary N) is 1. The van der Waals surface area contributed by atoms with Crippen LogP contribution in [0.25, 0.3) is 0 Å². The molecular weight excluding hydrogens is 380 g/mol. The zero-order chi connectivity index (χ0) is 19.2. The topological polar surface area (TPSA) is 74.0 Å². The molecule has 1 aliphatic heterocycles. The molecule has 6 nitrogen and oxygen atoms in total. The van der Waals surface area contributed by atoms with E-state index in [4.69, 9.17) is 19.9 Å². The fourth-order valence-corrected chi connectivity index (χ4v) is 3.39. The summed E-state index contributed by atoms with van der Waals surface area (Å²) in [6.07, 6.45) is 0.693. The van der Waals surface area contributed by atoms with Crippen LogP contribution in [-0.2, 0) is 16.1 Å². The highest BCUT2D eigenvalue weighted by molar-refractivity contribution is 5.85. The van der Waals surface area contributed by atoms with Gasteiger partial charge in [-0.25, -0.2) is 0 Å². The zero-order valence-electron chi connectivity index (χ0n) is 16.2. The molecule has 0 radical (unpaired) electrons. The Hall–Kier alpha value is -2.28. The summed E-state index contributed by atoms with van der Waals surface area (Å²) in [6.45, 7) is 1.19. The average molecular weight is 407 g/mol. The standard InChI is InChI=1S/C21H26N2O4.ClH/c1-25-14-18(22)21(24)23(13-15-6-4-3-5-7-15)19-10-11-27-20-9-8-16(26-2)12-17(19)20;/h3-9,12,18-19H,10-11,13-14,22H2,1-2H3;1H. The van der Waals surface area contributed by atoms with Gasteiger partial charge in [0, 0.05) is 25.6 Å². The second-order valence-electron chi connectivity index (χ2n) is 6.57. The summed E-state index contributed by atoms with van der Waals surface area (Å²) in [7, 11) is 3.17. The minimum atomic E-state index is -0.712. The number of ether oxygens (including phenoxy) is 3. The van der Waals surface area contributed by atoms with Crippen LogP contribution < -0.4 is 15.2 Å². The molecule has 2 unspecified atom stereocenters. The maximum atomic E-state index is 13.1. The maximum Gasteiger partial charge on any atom is 0.242 e. The number of rotatable bonds is 7. The number of hydrogen-bond acceptors (Lipinski definition) is 5. The number of carbonyl (C=O) groups excluding carboxylic acids is 1. The molecule has 1 amide bonds. The average Bonchev–Trinajstić information content (AvgIpc) is 2.71. The Morgan fingerprint density at radius 3 is 2.68 bits per heavy atom. The van der Waals surface area contributed by atoms with Crippen molar-refractivity contribution in [3.63, 3.8) is 0 Å². The predicted molar refractivity (Wildman–Crippen MR) is 110 cm³/mol. The smallest absolute Gasteiger partial charge is 0.242 e. The van der Waals surface area contributed by atoms with E-state index >= 15 is 0 Å². The highest BCUT2D eigenvalue weighted by Gasteiger charge is 2.33. The second-order valence-corrected chi connectivity index (χ2v) is 6.57. The Labute approximate surface area is 172 Å². The molecule has 7 heteroatoms. The van der Waals surface area contributed by atoms with Crippen LogP contribution in [0.4, 0.5) is 0 Å². The van der Waals surface area contributed by atoms with Gasteiger partial charge < -0.3 is 24.8 Å². The molecule has 0 saturated carbocycles. The lowest BCUT2D eigenvalue weighted by molar-refractivity contribution is -0.137. The summed E-state index contributed by atoms with van der Waals surface area (Å²) < 4.78 is 16.3. The molecule has 2 aromatic carbocycles. The van der Waals surface area contributed by atoms with Gasteiger partial charge in [-0.1, -0.05) is 30.3 Å². The van der Waals surface area contributed by atoms with Gasteiger partial charge in [-0.2, -0.15) is 0 Å². The Morgan fingerprint density at radius 2 is 2.00 bits per heavy atom. The van der Waals surface area contributed by atoms with Crippen molar-refractivity contribution in [2.75, 3.05) is 27.4 Å². The molecule has 3 rings (SSSR count). The SMILES string of the molecule is COCC(N)C(=O)N(Cc1ccccc1)C1CCOc2ccc(OC)cc21.Cl. The molecule has 2 N–H and O–H groups in total. The Bertz CT molecular complexity index is 772.